The number of benzene rings is 1. The van der Waals surface area contributed by atoms with Crippen LogP contribution in [0, 0.1) is 21.3 Å². The summed E-state index contributed by atoms with van der Waals surface area (Å²) in [5, 5.41) is 13.7. The van der Waals surface area contributed by atoms with Gasteiger partial charge in [0.25, 0.3) is 5.69 Å². The van der Waals surface area contributed by atoms with Crippen molar-refractivity contribution in [1.82, 2.24) is 0 Å². The van der Waals surface area contributed by atoms with Gasteiger partial charge in [0, 0.05) is 24.1 Å². The lowest BCUT2D eigenvalue weighted by Gasteiger charge is -2.38. The second kappa shape index (κ2) is 4.29. The summed E-state index contributed by atoms with van der Waals surface area (Å²) in [4.78, 5) is 10.2. The first kappa shape index (κ1) is 11.8. The Morgan fingerprint density at radius 1 is 1.59 bits per heavy atom. The third-order valence-electron chi connectivity index (χ3n) is 2.76. The molecule has 1 N–H and O–H groups in total. The number of nitrogens with zero attached hydrogens (tertiary/aromatic N) is 1. The van der Waals surface area contributed by atoms with Crippen LogP contribution in [0.15, 0.2) is 18.2 Å². The molecular formula is C11H13FN2O3. The lowest BCUT2D eigenvalue weighted by molar-refractivity contribution is -0.384. The second-order valence-electron chi connectivity index (χ2n) is 4.58. The molecule has 0 unspecified atom stereocenters. The number of hydrogen-bond donors (Lipinski definition) is 1. The Bertz CT molecular complexity index is 446. The highest BCUT2D eigenvalue weighted by molar-refractivity contribution is 5.61. The first-order valence-corrected chi connectivity index (χ1v) is 5.26. The van der Waals surface area contributed by atoms with Crippen LogP contribution in [0.25, 0.3) is 0 Å². The fraction of sp³-hybridized carbons (Fsp3) is 0.455. The van der Waals surface area contributed by atoms with Crippen molar-refractivity contribution >= 4 is 11.4 Å². The lowest BCUT2D eigenvalue weighted by atomic mass is 9.88. The minimum absolute atomic E-state index is 0.0276. The summed E-state index contributed by atoms with van der Waals surface area (Å²) in [6.07, 6.45) is 0. The number of hydrogen-bond acceptors (Lipinski definition) is 4. The van der Waals surface area contributed by atoms with Crippen molar-refractivity contribution in [3.63, 3.8) is 0 Å². The van der Waals surface area contributed by atoms with Crippen LogP contribution in [0.5, 0.6) is 0 Å². The molecule has 1 heterocycles. The molecule has 0 radical (unpaired) electrons. The van der Waals surface area contributed by atoms with Crippen LogP contribution in [0.1, 0.15) is 6.92 Å². The molecule has 0 amide bonds. The van der Waals surface area contributed by atoms with Crippen molar-refractivity contribution in [3.05, 3.63) is 34.1 Å². The molecule has 1 aromatic rings. The first-order chi connectivity index (χ1) is 8.00. The summed E-state index contributed by atoms with van der Waals surface area (Å²) < 4.78 is 18.1. The van der Waals surface area contributed by atoms with E-state index in [9.17, 15) is 14.5 Å². The van der Waals surface area contributed by atoms with Gasteiger partial charge in [0.15, 0.2) is 0 Å². The van der Waals surface area contributed by atoms with Crippen molar-refractivity contribution in [2.24, 2.45) is 5.41 Å². The Morgan fingerprint density at radius 2 is 2.29 bits per heavy atom. The van der Waals surface area contributed by atoms with E-state index in [0.29, 0.717) is 19.8 Å². The van der Waals surface area contributed by atoms with Crippen molar-refractivity contribution in [1.29, 1.82) is 0 Å². The number of rotatable bonds is 4. The van der Waals surface area contributed by atoms with Crippen molar-refractivity contribution in [2.75, 3.05) is 25.1 Å². The Morgan fingerprint density at radius 3 is 2.82 bits per heavy atom. The standard InChI is InChI=1S/C11H13FN2O3/c1-11(6-17-7-11)5-13-9-4-8(12)2-3-10(9)14(15)16/h2-4,13H,5-7H2,1H3. The van der Waals surface area contributed by atoms with E-state index in [1.165, 1.54) is 0 Å². The number of anilines is 1. The molecule has 1 aliphatic rings. The first-order valence-electron chi connectivity index (χ1n) is 5.26. The van der Waals surface area contributed by atoms with Crippen LogP contribution in [0.4, 0.5) is 15.8 Å². The summed E-state index contributed by atoms with van der Waals surface area (Å²) >= 11 is 0. The van der Waals surface area contributed by atoms with Gasteiger partial charge in [-0.1, -0.05) is 6.92 Å². The van der Waals surface area contributed by atoms with Gasteiger partial charge in [0.2, 0.25) is 0 Å². The molecule has 6 heteroatoms. The summed E-state index contributed by atoms with van der Waals surface area (Å²) in [7, 11) is 0. The molecule has 1 saturated heterocycles. The molecule has 0 aromatic heterocycles. The van der Waals surface area contributed by atoms with E-state index in [2.05, 4.69) is 5.32 Å². The SMILES string of the molecule is CC1(CNc2cc(F)ccc2[N+](=O)[O-])COC1. The van der Waals surface area contributed by atoms with E-state index in [1.54, 1.807) is 0 Å². The smallest absolute Gasteiger partial charge is 0.292 e. The molecule has 0 bridgehead atoms. The predicted octanol–water partition coefficient (Wildman–Crippen LogP) is 2.18. The monoisotopic (exact) mass is 240 g/mol. The molecule has 0 spiro atoms. The maximum atomic E-state index is 13.0. The van der Waals surface area contributed by atoms with E-state index >= 15 is 0 Å². The predicted molar refractivity (Wildman–Crippen MR) is 60.5 cm³/mol. The highest BCUT2D eigenvalue weighted by Crippen LogP contribution is 2.30. The molecule has 0 saturated carbocycles. The van der Waals surface area contributed by atoms with Gasteiger partial charge in [0.1, 0.15) is 11.5 Å². The summed E-state index contributed by atoms with van der Waals surface area (Å²) in [5.41, 5.74) is 0.0681. The third kappa shape index (κ3) is 2.52. The van der Waals surface area contributed by atoms with Gasteiger partial charge in [-0.2, -0.15) is 0 Å². The Balaban J connectivity index is 2.13. The van der Waals surface area contributed by atoms with Gasteiger partial charge < -0.3 is 10.1 Å². The normalized spacial score (nSPS) is 17.3. The van der Waals surface area contributed by atoms with E-state index < -0.39 is 10.7 Å². The zero-order valence-electron chi connectivity index (χ0n) is 9.40. The number of halogens is 1. The average Bonchev–Trinajstić information content (AvgIpc) is 2.23. The van der Waals surface area contributed by atoms with Crippen LogP contribution in [-0.4, -0.2) is 24.7 Å². The number of nitro benzene ring substituents is 1. The summed E-state index contributed by atoms with van der Waals surface area (Å²) in [6, 6.07) is 3.38. The molecule has 5 nitrogen and oxygen atoms in total. The largest absolute Gasteiger partial charge is 0.380 e. The second-order valence-corrected chi connectivity index (χ2v) is 4.58. The maximum absolute atomic E-state index is 13.0. The Kier molecular flexibility index (Phi) is 2.97. The Hall–Kier alpha value is -1.69. The zero-order chi connectivity index (χ0) is 12.5. The van der Waals surface area contributed by atoms with E-state index in [0.717, 1.165) is 18.2 Å². The van der Waals surface area contributed by atoms with E-state index in [4.69, 9.17) is 4.74 Å². The highest BCUT2D eigenvalue weighted by atomic mass is 19.1. The molecule has 0 atom stereocenters. The maximum Gasteiger partial charge on any atom is 0.292 e. The van der Waals surface area contributed by atoms with Crippen LogP contribution < -0.4 is 5.32 Å². The van der Waals surface area contributed by atoms with Crippen LogP contribution in [0.3, 0.4) is 0 Å². The molecule has 1 fully saturated rings. The molecule has 1 aliphatic heterocycles. The summed E-state index contributed by atoms with van der Waals surface area (Å²) in [5.74, 6) is -0.492. The molecule has 1 aromatic carbocycles. The Labute approximate surface area is 97.7 Å². The fourth-order valence-corrected chi connectivity index (χ4v) is 1.67. The van der Waals surface area contributed by atoms with Crippen molar-refractivity contribution in [2.45, 2.75) is 6.92 Å². The fourth-order valence-electron chi connectivity index (χ4n) is 1.67. The van der Waals surface area contributed by atoms with Gasteiger partial charge in [0.05, 0.1) is 18.1 Å². The molecule has 17 heavy (non-hydrogen) atoms. The third-order valence-corrected chi connectivity index (χ3v) is 2.76. The zero-order valence-corrected chi connectivity index (χ0v) is 9.40. The van der Waals surface area contributed by atoms with Crippen molar-refractivity contribution in [3.8, 4) is 0 Å². The molecule has 2 rings (SSSR count). The van der Waals surface area contributed by atoms with Gasteiger partial charge in [-0.05, 0) is 6.07 Å². The van der Waals surface area contributed by atoms with Crippen LogP contribution in [-0.2, 0) is 4.74 Å². The van der Waals surface area contributed by atoms with Crippen molar-refractivity contribution < 1.29 is 14.1 Å². The quantitative estimate of drug-likeness (QED) is 0.647. The van der Waals surface area contributed by atoms with Gasteiger partial charge in [-0.25, -0.2) is 4.39 Å². The van der Waals surface area contributed by atoms with Gasteiger partial charge >= 0.3 is 0 Å². The van der Waals surface area contributed by atoms with Gasteiger partial charge in [-0.3, -0.25) is 10.1 Å². The van der Waals surface area contributed by atoms with E-state index in [1.807, 2.05) is 6.92 Å². The molecule has 0 aliphatic carbocycles. The average molecular weight is 240 g/mol. The highest BCUT2D eigenvalue weighted by Gasteiger charge is 2.33. The topological polar surface area (TPSA) is 64.4 Å². The number of nitrogens with one attached hydrogen (secondary N) is 1. The van der Waals surface area contributed by atoms with Gasteiger partial charge in [-0.15, -0.1) is 0 Å². The van der Waals surface area contributed by atoms with E-state index in [-0.39, 0.29) is 16.8 Å². The molecule has 92 valence electrons. The van der Waals surface area contributed by atoms with Crippen LogP contribution in [0.2, 0.25) is 0 Å². The minimum atomic E-state index is -0.526. The van der Waals surface area contributed by atoms with Crippen LogP contribution >= 0.6 is 0 Å². The number of nitro groups is 1. The summed E-state index contributed by atoms with van der Waals surface area (Å²) in [6.45, 7) is 3.76. The molecular weight excluding hydrogens is 227 g/mol. The number of ether oxygens (including phenoxy) is 1. The minimum Gasteiger partial charge on any atom is -0.380 e. The lowest BCUT2D eigenvalue weighted by Crippen LogP contribution is -2.45.